The number of aliphatic hydroxyl groups is 1. The molecule has 0 bridgehead atoms. The average molecular weight is 174 g/mol. The molecular weight excluding hydrogens is 156 g/mol. The van der Waals surface area contributed by atoms with Crippen molar-refractivity contribution in [2.24, 2.45) is 5.41 Å². The van der Waals surface area contributed by atoms with Gasteiger partial charge in [0, 0.05) is 6.42 Å². The zero-order valence-electron chi connectivity index (χ0n) is 8.26. The Labute approximate surface area is 73.7 Å². The highest BCUT2D eigenvalue weighted by atomic mass is 16.5. The van der Waals surface area contributed by atoms with Crippen LogP contribution in [-0.2, 0) is 9.53 Å². The van der Waals surface area contributed by atoms with Gasteiger partial charge in [0.2, 0.25) is 0 Å². The summed E-state index contributed by atoms with van der Waals surface area (Å²) in [5, 5.41) is 9.45. The second kappa shape index (κ2) is 4.45. The second-order valence-electron chi connectivity index (χ2n) is 3.92. The predicted octanol–water partition coefficient (Wildman–Crippen LogP) is 1.35. The van der Waals surface area contributed by atoms with Crippen LogP contribution < -0.4 is 0 Å². The molecule has 0 saturated carbocycles. The summed E-state index contributed by atoms with van der Waals surface area (Å²) >= 11 is 0. The van der Waals surface area contributed by atoms with Crippen molar-refractivity contribution in [3.05, 3.63) is 0 Å². The maximum atomic E-state index is 10.7. The van der Waals surface area contributed by atoms with Gasteiger partial charge in [-0.1, -0.05) is 27.7 Å². The molecule has 1 unspecified atom stereocenters. The largest absolute Gasteiger partial charge is 0.463 e. The van der Waals surface area contributed by atoms with E-state index in [2.05, 4.69) is 0 Å². The third-order valence-electron chi connectivity index (χ3n) is 1.69. The van der Waals surface area contributed by atoms with Crippen LogP contribution in [0.3, 0.4) is 0 Å². The molecule has 0 aliphatic rings. The summed E-state index contributed by atoms with van der Waals surface area (Å²) in [7, 11) is 0. The Bertz CT molecular complexity index is 146. The SMILES string of the molecule is CCC(=O)OCC(O)C(C)(C)C. The normalized spacial score (nSPS) is 14.1. The van der Waals surface area contributed by atoms with Gasteiger partial charge in [0.25, 0.3) is 0 Å². The average Bonchev–Trinajstić information content (AvgIpc) is 1.97. The topological polar surface area (TPSA) is 46.5 Å². The van der Waals surface area contributed by atoms with Gasteiger partial charge in [-0.15, -0.1) is 0 Å². The van der Waals surface area contributed by atoms with Crippen LogP contribution in [0.4, 0.5) is 0 Å². The van der Waals surface area contributed by atoms with Crippen molar-refractivity contribution in [1.29, 1.82) is 0 Å². The summed E-state index contributed by atoms with van der Waals surface area (Å²) in [5.41, 5.74) is -0.228. The molecule has 0 aromatic carbocycles. The van der Waals surface area contributed by atoms with Crippen LogP contribution in [0.25, 0.3) is 0 Å². The third-order valence-corrected chi connectivity index (χ3v) is 1.69. The standard InChI is InChI=1S/C9H18O3/c1-5-8(11)12-6-7(10)9(2,3)4/h7,10H,5-6H2,1-4H3. The first kappa shape index (κ1) is 11.4. The number of ether oxygens (including phenoxy) is 1. The summed E-state index contributed by atoms with van der Waals surface area (Å²) in [5.74, 6) is -0.265. The molecule has 0 heterocycles. The Kier molecular flexibility index (Phi) is 4.24. The van der Waals surface area contributed by atoms with Gasteiger partial charge in [-0.2, -0.15) is 0 Å². The monoisotopic (exact) mass is 174 g/mol. The molecule has 0 aromatic rings. The lowest BCUT2D eigenvalue weighted by Gasteiger charge is -2.25. The van der Waals surface area contributed by atoms with Crippen LogP contribution in [0.15, 0.2) is 0 Å². The van der Waals surface area contributed by atoms with E-state index in [1.54, 1.807) is 6.92 Å². The zero-order chi connectivity index (χ0) is 9.78. The summed E-state index contributed by atoms with van der Waals surface area (Å²) in [6, 6.07) is 0. The van der Waals surface area contributed by atoms with Crippen molar-refractivity contribution in [2.75, 3.05) is 6.61 Å². The molecule has 0 aromatic heterocycles. The summed E-state index contributed by atoms with van der Waals surface area (Å²) in [6.07, 6.45) is -0.232. The number of esters is 1. The Morgan fingerprint density at radius 3 is 2.33 bits per heavy atom. The van der Waals surface area contributed by atoms with E-state index < -0.39 is 6.10 Å². The van der Waals surface area contributed by atoms with E-state index >= 15 is 0 Å². The van der Waals surface area contributed by atoms with E-state index in [-0.39, 0.29) is 18.0 Å². The Morgan fingerprint density at radius 1 is 1.50 bits per heavy atom. The summed E-state index contributed by atoms with van der Waals surface area (Å²) in [4.78, 5) is 10.7. The van der Waals surface area contributed by atoms with Gasteiger partial charge in [0.1, 0.15) is 6.61 Å². The maximum absolute atomic E-state index is 10.7. The molecule has 12 heavy (non-hydrogen) atoms. The van der Waals surface area contributed by atoms with Gasteiger partial charge in [-0.3, -0.25) is 4.79 Å². The third kappa shape index (κ3) is 4.34. The van der Waals surface area contributed by atoms with Crippen LogP contribution in [0.1, 0.15) is 34.1 Å². The van der Waals surface area contributed by atoms with Gasteiger partial charge < -0.3 is 9.84 Å². The highest BCUT2D eigenvalue weighted by molar-refractivity contribution is 5.68. The highest BCUT2D eigenvalue weighted by Gasteiger charge is 2.22. The Morgan fingerprint density at radius 2 is 2.00 bits per heavy atom. The molecule has 0 amide bonds. The van der Waals surface area contributed by atoms with Crippen molar-refractivity contribution < 1.29 is 14.6 Å². The van der Waals surface area contributed by atoms with E-state index in [1.807, 2.05) is 20.8 Å². The van der Waals surface area contributed by atoms with Crippen molar-refractivity contribution in [3.8, 4) is 0 Å². The number of hydrogen-bond donors (Lipinski definition) is 1. The lowest BCUT2D eigenvalue weighted by atomic mass is 9.90. The van der Waals surface area contributed by atoms with Gasteiger partial charge in [-0.05, 0) is 5.41 Å². The van der Waals surface area contributed by atoms with Gasteiger partial charge >= 0.3 is 5.97 Å². The number of hydrogen-bond acceptors (Lipinski definition) is 3. The molecule has 0 aliphatic heterocycles. The Hall–Kier alpha value is -0.570. The minimum absolute atomic E-state index is 0.0934. The predicted molar refractivity (Wildman–Crippen MR) is 46.7 cm³/mol. The number of rotatable bonds is 3. The molecule has 72 valence electrons. The first-order valence-electron chi connectivity index (χ1n) is 4.21. The second-order valence-corrected chi connectivity index (χ2v) is 3.92. The maximum Gasteiger partial charge on any atom is 0.305 e. The Balaban J connectivity index is 3.72. The fourth-order valence-electron chi connectivity index (χ4n) is 0.524. The minimum Gasteiger partial charge on any atom is -0.463 e. The van der Waals surface area contributed by atoms with Gasteiger partial charge in [0.15, 0.2) is 0 Å². The summed E-state index contributed by atoms with van der Waals surface area (Å²) < 4.78 is 4.79. The molecule has 0 rings (SSSR count). The van der Waals surface area contributed by atoms with Crippen LogP contribution in [0.2, 0.25) is 0 Å². The van der Waals surface area contributed by atoms with Gasteiger partial charge in [-0.25, -0.2) is 0 Å². The number of carbonyl (C=O) groups is 1. The van der Waals surface area contributed by atoms with Crippen molar-refractivity contribution in [3.63, 3.8) is 0 Å². The molecular formula is C9H18O3. The molecule has 0 fully saturated rings. The highest BCUT2D eigenvalue weighted by Crippen LogP contribution is 2.18. The van der Waals surface area contributed by atoms with E-state index in [9.17, 15) is 9.90 Å². The lowest BCUT2D eigenvalue weighted by molar-refractivity contribution is -0.148. The van der Waals surface area contributed by atoms with Crippen molar-refractivity contribution in [2.45, 2.75) is 40.2 Å². The fraction of sp³-hybridized carbons (Fsp3) is 0.889. The smallest absolute Gasteiger partial charge is 0.305 e. The van der Waals surface area contributed by atoms with E-state index in [0.717, 1.165) is 0 Å². The zero-order valence-corrected chi connectivity index (χ0v) is 8.26. The summed E-state index contributed by atoms with van der Waals surface area (Å²) in [6.45, 7) is 7.52. The van der Waals surface area contributed by atoms with E-state index in [0.29, 0.717) is 6.42 Å². The first-order chi connectivity index (χ1) is 5.38. The van der Waals surface area contributed by atoms with Crippen LogP contribution >= 0.6 is 0 Å². The lowest BCUT2D eigenvalue weighted by Crippen LogP contribution is -2.31. The number of aliphatic hydroxyl groups excluding tert-OH is 1. The van der Waals surface area contributed by atoms with Crippen LogP contribution in [0.5, 0.6) is 0 Å². The van der Waals surface area contributed by atoms with Crippen LogP contribution in [-0.4, -0.2) is 23.8 Å². The molecule has 0 aliphatic carbocycles. The van der Waals surface area contributed by atoms with E-state index in [1.165, 1.54) is 0 Å². The van der Waals surface area contributed by atoms with Gasteiger partial charge in [0.05, 0.1) is 6.10 Å². The molecule has 1 atom stereocenters. The first-order valence-corrected chi connectivity index (χ1v) is 4.21. The number of carbonyl (C=O) groups excluding carboxylic acids is 1. The van der Waals surface area contributed by atoms with Crippen LogP contribution in [0, 0.1) is 5.41 Å². The fourth-order valence-corrected chi connectivity index (χ4v) is 0.524. The van der Waals surface area contributed by atoms with Crippen molar-refractivity contribution in [1.82, 2.24) is 0 Å². The molecule has 1 N–H and O–H groups in total. The van der Waals surface area contributed by atoms with E-state index in [4.69, 9.17) is 4.74 Å². The molecule has 0 saturated heterocycles. The molecule has 0 spiro atoms. The molecule has 3 heteroatoms. The quantitative estimate of drug-likeness (QED) is 0.657. The minimum atomic E-state index is -0.590. The molecule has 0 radical (unpaired) electrons. The molecule has 3 nitrogen and oxygen atoms in total. The van der Waals surface area contributed by atoms with Crippen molar-refractivity contribution >= 4 is 5.97 Å².